The van der Waals surface area contributed by atoms with Gasteiger partial charge in [-0.15, -0.1) is 11.3 Å². The molecule has 0 radical (unpaired) electrons. The Morgan fingerprint density at radius 1 is 1.22 bits per heavy atom. The number of rotatable bonds is 5. The van der Waals surface area contributed by atoms with Crippen LogP contribution in [-0.4, -0.2) is 29.3 Å². The number of aromatic nitrogens is 1. The highest BCUT2D eigenvalue weighted by molar-refractivity contribution is 7.13. The number of fused-ring (bicyclic) bond motifs is 1. The standard InChI is InChI=1S/C20H18N2O4S/c1-20(24,14-7-8-16-17(9-14)26-12-25-16)11-21-18(23)15-10-27-19(22-15)13-5-3-2-4-6-13/h2-10,24H,11-12H2,1H3,(H,21,23)/t20-/m0/s1. The molecule has 0 unspecified atom stereocenters. The monoisotopic (exact) mass is 382 g/mol. The van der Waals surface area contributed by atoms with E-state index in [0.717, 1.165) is 10.6 Å². The molecule has 1 aliphatic rings. The van der Waals surface area contributed by atoms with Crippen molar-refractivity contribution in [2.45, 2.75) is 12.5 Å². The number of nitrogens with zero attached hydrogens (tertiary/aromatic N) is 1. The van der Waals surface area contributed by atoms with Crippen LogP contribution in [0.3, 0.4) is 0 Å². The van der Waals surface area contributed by atoms with Crippen molar-refractivity contribution < 1.29 is 19.4 Å². The van der Waals surface area contributed by atoms with Crippen molar-refractivity contribution in [1.29, 1.82) is 0 Å². The normalized spacial score (nSPS) is 14.6. The van der Waals surface area contributed by atoms with Crippen LogP contribution in [0.2, 0.25) is 0 Å². The summed E-state index contributed by atoms with van der Waals surface area (Å²) in [5.74, 6) is 0.912. The number of benzene rings is 2. The second-order valence-corrected chi connectivity index (χ2v) is 7.29. The zero-order valence-corrected chi connectivity index (χ0v) is 15.5. The predicted octanol–water partition coefficient (Wildman–Crippen LogP) is 3.18. The molecule has 2 aromatic carbocycles. The molecule has 2 N–H and O–H groups in total. The van der Waals surface area contributed by atoms with Crippen LogP contribution in [0.1, 0.15) is 23.0 Å². The zero-order chi connectivity index (χ0) is 18.9. The van der Waals surface area contributed by atoms with E-state index in [1.54, 1.807) is 30.5 Å². The van der Waals surface area contributed by atoms with Crippen molar-refractivity contribution >= 4 is 17.2 Å². The highest BCUT2D eigenvalue weighted by Gasteiger charge is 2.27. The van der Waals surface area contributed by atoms with Gasteiger partial charge in [-0.3, -0.25) is 4.79 Å². The number of thiazole rings is 1. The predicted molar refractivity (Wildman–Crippen MR) is 102 cm³/mol. The fourth-order valence-corrected chi connectivity index (χ4v) is 3.57. The first kappa shape index (κ1) is 17.5. The maximum atomic E-state index is 12.4. The topological polar surface area (TPSA) is 80.7 Å². The molecule has 6 nitrogen and oxygen atoms in total. The quantitative estimate of drug-likeness (QED) is 0.708. The van der Waals surface area contributed by atoms with Crippen LogP contribution in [0.4, 0.5) is 0 Å². The Labute approximate surface area is 160 Å². The van der Waals surface area contributed by atoms with Crippen molar-refractivity contribution in [2.75, 3.05) is 13.3 Å². The molecule has 0 saturated carbocycles. The number of amides is 1. The van der Waals surface area contributed by atoms with E-state index in [1.807, 2.05) is 30.3 Å². The van der Waals surface area contributed by atoms with E-state index >= 15 is 0 Å². The van der Waals surface area contributed by atoms with Gasteiger partial charge in [0.05, 0.1) is 6.54 Å². The Hall–Kier alpha value is -2.90. The summed E-state index contributed by atoms with van der Waals surface area (Å²) >= 11 is 1.41. The van der Waals surface area contributed by atoms with E-state index < -0.39 is 5.60 Å². The summed E-state index contributed by atoms with van der Waals surface area (Å²) in [6.07, 6.45) is 0. The van der Waals surface area contributed by atoms with Crippen molar-refractivity contribution in [3.63, 3.8) is 0 Å². The van der Waals surface area contributed by atoms with Crippen molar-refractivity contribution in [1.82, 2.24) is 10.3 Å². The van der Waals surface area contributed by atoms with Crippen LogP contribution in [0, 0.1) is 0 Å². The highest BCUT2D eigenvalue weighted by atomic mass is 32.1. The lowest BCUT2D eigenvalue weighted by Gasteiger charge is -2.24. The Morgan fingerprint density at radius 2 is 2.00 bits per heavy atom. The van der Waals surface area contributed by atoms with E-state index in [-0.39, 0.29) is 19.2 Å². The molecular formula is C20H18N2O4S. The van der Waals surface area contributed by atoms with E-state index in [2.05, 4.69) is 10.3 Å². The Balaban J connectivity index is 1.43. The van der Waals surface area contributed by atoms with Crippen LogP contribution in [0.15, 0.2) is 53.9 Å². The summed E-state index contributed by atoms with van der Waals surface area (Å²) in [6.45, 7) is 1.86. The van der Waals surface area contributed by atoms with Crippen LogP contribution in [0.5, 0.6) is 11.5 Å². The average Bonchev–Trinajstić information content (AvgIpc) is 3.35. The molecule has 0 spiro atoms. The number of carbonyl (C=O) groups excluding carboxylic acids is 1. The molecule has 2 heterocycles. The highest BCUT2D eigenvalue weighted by Crippen LogP contribution is 2.35. The van der Waals surface area contributed by atoms with Crippen LogP contribution < -0.4 is 14.8 Å². The summed E-state index contributed by atoms with van der Waals surface area (Å²) in [7, 11) is 0. The Kier molecular flexibility index (Phi) is 4.55. The first-order chi connectivity index (χ1) is 13.0. The molecule has 0 aliphatic carbocycles. The fraction of sp³-hybridized carbons (Fsp3) is 0.200. The minimum absolute atomic E-state index is 0.0453. The van der Waals surface area contributed by atoms with Gasteiger partial charge in [0, 0.05) is 10.9 Å². The molecule has 1 amide bonds. The van der Waals surface area contributed by atoms with Gasteiger partial charge in [0.2, 0.25) is 6.79 Å². The van der Waals surface area contributed by atoms with Gasteiger partial charge in [-0.1, -0.05) is 36.4 Å². The maximum absolute atomic E-state index is 12.4. The summed E-state index contributed by atoms with van der Waals surface area (Å²) in [5.41, 5.74) is 0.680. The van der Waals surface area contributed by atoms with Crippen LogP contribution in [-0.2, 0) is 5.60 Å². The third kappa shape index (κ3) is 3.65. The number of aliphatic hydroxyl groups is 1. The Morgan fingerprint density at radius 3 is 2.81 bits per heavy atom. The van der Waals surface area contributed by atoms with Crippen LogP contribution in [0.25, 0.3) is 10.6 Å². The van der Waals surface area contributed by atoms with E-state index in [0.29, 0.717) is 22.8 Å². The van der Waals surface area contributed by atoms with Crippen molar-refractivity contribution in [2.24, 2.45) is 0 Å². The maximum Gasteiger partial charge on any atom is 0.270 e. The molecule has 4 rings (SSSR count). The van der Waals surface area contributed by atoms with Crippen LogP contribution >= 0.6 is 11.3 Å². The van der Waals surface area contributed by atoms with E-state index in [9.17, 15) is 9.90 Å². The van der Waals surface area contributed by atoms with Gasteiger partial charge < -0.3 is 19.9 Å². The zero-order valence-electron chi connectivity index (χ0n) is 14.6. The SMILES string of the molecule is C[C@](O)(CNC(=O)c1csc(-c2ccccc2)n1)c1ccc2c(c1)OCO2. The van der Waals surface area contributed by atoms with E-state index in [4.69, 9.17) is 9.47 Å². The largest absolute Gasteiger partial charge is 0.454 e. The number of hydrogen-bond acceptors (Lipinski definition) is 6. The van der Waals surface area contributed by atoms with Gasteiger partial charge >= 0.3 is 0 Å². The lowest BCUT2D eigenvalue weighted by molar-refractivity contribution is 0.0523. The second-order valence-electron chi connectivity index (χ2n) is 6.43. The van der Waals surface area contributed by atoms with Gasteiger partial charge in [0.25, 0.3) is 5.91 Å². The lowest BCUT2D eigenvalue weighted by Crippen LogP contribution is -2.38. The number of hydrogen-bond donors (Lipinski definition) is 2. The molecule has 0 fully saturated rings. The molecule has 7 heteroatoms. The minimum Gasteiger partial charge on any atom is -0.454 e. The summed E-state index contributed by atoms with van der Waals surface area (Å²) in [6, 6.07) is 14.9. The van der Waals surface area contributed by atoms with Gasteiger partial charge in [0.1, 0.15) is 16.3 Å². The number of ether oxygens (including phenoxy) is 2. The van der Waals surface area contributed by atoms with E-state index in [1.165, 1.54) is 11.3 Å². The molecule has 138 valence electrons. The van der Waals surface area contributed by atoms with Gasteiger partial charge in [0.15, 0.2) is 11.5 Å². The first-order valence-electron chi connectivity index (χ1n) is 8.44. The Bertz CT molecular complexity index is 969. The van der Waals surface area contributed by atoms with Crippen molar-refractivity contribution in [3.8, 4) is 22.1 Å². The van der Waals surface area contributed by atoms with Crippen molar-refractivity contribution in [3.05, 3.63) is 65.2 Å². The molecule has 1 aliphatic heterocycles. The molecular weight excluding hydrogens is 364 g/mol. The summed E-state index contributed by atoms with van der Waals surface area (Å²) in [5, 5.41) is 16.0. The number of carbonyl (C=O) groups is 1. The van der Waals surface area contributed by atoms with Gasteiger partial charge in [-0.05, 0) is 24.6 Å². The smallest absolute Gasteiger partial charge is 0.270 e. The average molecular weight is 382 g/mol. The second kappa shape index (κ2) is 7.02. The van der Waals surface area contributed by atoms with Gasteiger partial charge in [-0.25, -0.2) is 4.98 Å². The lowest BCUT2D eigenvalue weighted by atomic mass is 9.95. The third-order valence-electron chi connectivity index (χ3n) is 4.35. The minimum atomic E-state index is -1.26. The van der Waals surface area contributed by atoms with Gasteiger partial charge in [-0.2, -0.15) is 0 Å². The molecule has 27 heavy (non-hydrogen) atoms. The molecule has 0 bridgehead atoms. The fourth-order valence-electron chi connectivity index (χ4n) is 2.77. The first-order valence-corrected chi connectivity index (χ1v) is 9.32. The molecule has 1 atom stereocenters. The molecule has 1 aromatic heterocycles. The summed E-state index contributed by atoms with van der Waals surface area (Å²) in [4.78, 5) is 16.8. The third-order valence-corrected chi connectivity index (χ3v) is 5.24. The molecule has 0 saturated heterocycles. The molecule has 3 aromatic rings. The summed E-state index contributed by atoms with van der Waals surface area (Å²) < 4.78 is 10.6. The number of nitrogens with one attached hydrogen (secondary N) is 1.